The number of halogens is 2. The van der Waals surface area contributed by atoms with Crippen molar-refractivity contribution in [3.8, 4) is 0 Å². The predicted octanol–water partition coefficient (Wildman–Crippen LogP) is 2.47. The zero-order valence-electron chi connectivity index (χ0n) is 11.8. The molecule has 0 aliphatic carbocycles. The van der Waals surface area contributed by atoms with E-state index in [2.05, 4.69) is 26.1 Å². The number of rotatable bonds is 3. The van der Waals surface area contributed by atoms with Crippen molar-refractivity contribution in [1.29, 1.82) is 0 Å². The molecule has 3 rings (SSSR count). The van der Waals surface area contributed by atoms with E-state index in [0.29, 0.717) is 24.7 Å². The Labute approximate surface area is 140 Å². The van der Waals surface area contributed by atoms with Crippen LogP contribution in [0, 0.1) is 6.92 Å². The summed E-state index contributed by atoms with van der Waals surface area (Å²) in [5.41, 5.74) is 0.962. The van der Waals surface area contributed by atoms with Gasteiger partial charge in [-0.3, -0.25) is 9.69 Å². The van der Waals surface area contributed by atoms with Crippen LogP contribution in [0.1, 0.15) is 17.2 Å². The van der Waals surface area contributed by atoms with Crippen LogP contribution in [0.25, 0.3) is 0 Å². The molecule has 1 atom stereocenters. The smallest absolute Gasteiger partial charge is 0.322 e. The lowest BCUT2D eigenvalue weighted by molar-refractivity contribution is -0.145. The van der Waals surface area contributed by atoms with Gasteiger partial charge in [0.15, 0.2) is 0 Å². The summed E-state index contributed by atoms with van der Waals surface area (Å²) in [6.07, 6.45) is 0. The Morgan fingerprint density at radius 2 is 2.27 bits per heavy atom. The van der Waals surface area contributed by atoms with Crippen LogP contribution < -0.4 is 0 Å². The van der Waals surface area contributed by atoms with Crippen molar-refractivity contribution >= 4 is 33.5 Å². The Bertz CT molecular complexity index is 734. The van der Waals surface area contributed by atoms with Crippen molar-refractivity contribution in [3.05, 3.63) is 44.9 Å². The summed E-state index contributed by atoms with van der Waals surface area (Å²) in [4.78, 5) is 13.5. The molecule has 1 aromatic carbocycles. The first-order chi connectivity index (χ1) is 10.5. The molecule has 1 aliphatic heterocycles. The maximum absolute atomic E-state index is 11.6. The highest BCUT2D eigenvalue weighted by Gasteiger charge is 2.33. The largest absolute Gasteiger partial charge is 0.480 e. The third kappa shape index (κ3) is 2.88. The molecule has 0 saturated carbocycles. The summed E-state index contributed by atoms with van der Waals surface area (Å²) in [7, 11) is 0. The number of aromatic nitrogens is 3. The zero-order valence-corrected chi connectivity index (χ0v) is 14.2. The maximum Gasteiger partial charge on any atom is 0.322 e. The molecule has 0 amide bonds. The number of aliphatic carboxylic acids is 1. The molecule has 2 aromatic rings. The standard InChI is InChI=1S/C14H14BrClN4O2/c1-8-17-18-13-7-19(12(14(21)22)6-20(8)13)5-9-2-3-10(15)11(16)4-9/h2-4,12H,5-7H2,1H3,(H,21,22). The molecule has 0 spiro atoms. The molecule has 1 aliphatic rings. The number of fused-ring (bicyclic) bond motifs is 1. The molecule has 0 bridgehead atoms. The van der Waals surface area contributed by atoms with E-state index in [-0.39, 0.29) is 0 Å². The fourth-order valence-electron chi connectivity index (χ4n) is 2.63. The molecule has 0 saturated heterocycles. The molecule has 22 heavy (non-hydrogen) atoms. The van der Waals surface area contributed by atoms with Crippen LogP contribution in [0.15, 0.2) is 22.7 Å². The lowest BCUT2D eigenvalue weighted by Crippen LogP contribution is -2.47. The fraction of sp³-hybridized carbons (Fsp3) is 0.357. The molecule has 6 nitrogen and oxygen atoms in total. The van der Waals surface area contributed by atoms with Crippen molar-refractivity contribution in [2.75, 3.05) is 0 Å². The van der Waals surface area contributed by atoms with E-state index in [9.17, 15) is 9.90 Å². The number of carbonyl (C=O) groups is 1. The van der Waals surface area contributed by atoms with Gasteiger partial charge in [-0.05, 0) is 40.5 Å². The number of hydrogen-bond donors (Lipinski definition) is 1. The lowest BCUT2D eigenvalue weighted by atomic mass is 10.1. The minimum absolute atomic E-state index is 0.355. The Balaban J connectivity index is 1.87. The summed E-state index contributed by atoms with van der Waals surface area (Å²) in [6.45, 7) is 3.13. The molecular weight excluding hydrogens is 372 g/mol. The number of carboxylic acid groups (broad SMARTS) is 1. The monoisotopic (exact) mass is 384 g/mol. The third-order valence-electron chi connectivity index (χ3n) is 3.81. The predicted molar refractivity (Wildman–Crippen MR) is 84.6 cm³/mol. The van der Waals surface area contributed by atoms with Crippen LogP contribution in [-0.4, -0.2) is 36.8 Å². The lowest BCUT2D eigenvalue weighted by Gasteiger charge is -2.33. The number of nitrogens with zero attached hydrogens (tertiary/aromatic N) is 4. The van der Waals surface area contributed by atoms with E-state index < -0.39 is 12.0 Å². The summed E-state index contributed by atoms with van der Waals surface area (Å²) < 4.78 is 2.69. The van der Waals surface area contributed by atoms with Crippen LogP contribution >= 0.6 is 27.5 Å². The highest BCUT2D eigenvalue weighted by molar-refractivity contribution is 9.10. The quantitative estimate of drug-likeness (QED) is 0.879. The Hall–Kier alpha value is -1.44. The molecule has 116 valence electrons. The number of benzene rings is 1. The second kappa shape index (κ2) is 5.98. The van der Waals surface area contributed by atoms with Crippen LogP contribution in [0.4, 0.5) is 0 Å². The normalized spacial score (nSPS) is 18.2. The second-order valence-corrected chi connectivity index (χ2v) is 6.54. The van der Waals surface area contributed by atoms with Crippen LogP contribution in [0.5, 0.6) is 0 Å². The van der Waals surface area contributed by atoms with Crippen molar-refractivity contribution in [3.63, 3.8) is 0 Å². The van der Waals surface area contributed by atoms with Gasteiger partial charge in [0, 0.05) is 11.0 Å². The summed E-state index contributed by atoms with van der Waals surface area (Å²) in [6, 6.07) is 5.03. The van der Waals surface area contributed by atoms with E-state index in [1.165, 1.54) is 0 Å². The summed E-state index contributed by atoms with van der Waals surface area (Å²) in [5.74, 6) is 0.688. The van der Waals surface area contributed by atoms with Crippen LogP contribution in [-0.2, 0) is 24.4 Å². The van der Waals surface area contributed by atoms with Gasteiger partial charge in [0.1, 0.15) is 17.7 Å². The highest BCUT2D eigenvalue weighted by Crippen LogP contribution is 2.26. The first kappa shape index (κ1) is 15.5. The van der Waals surface area contributed by atoms with Crippen LogP contribution in [0.3, 0.4) is 0 Å². The van der Waals surface area contributed by atoms with Gasteiger partial charge in [-0.15, -0.1) is 10.2 Å². The van der Waals surface area contributed by atoms with E-state index in [1.807, 2.05) is 34.6 Å². The Morgan fingerprint density at radius 1 is 1.50 bits per heavy atom. The third-order valence-corrected chi connectivity index (χ3v) is 5.04. The van der Waals surface area contributed by atoms with Crippen LogP contribution in [0.2, 0.25) is 5.02 Å². The van der Waals surface area contributed by atoms with Gasteiger partial charge < -0.3 is 9.67 Å². The molecule has 8 heteroatoms. The average molecular weight is 386 g/mol. The molecular formula is C14H14BrClN4O2. The van der Waals surface area contributed by atoms with E-state index in [0.717, 1.165) is 21.7 Å². The van der Waals surface area contributed by atoms with Crippen molar-refractivity contribution < 1.29 is 9.90 Å². The molecule has 1 unspecified atom stereocenters. The van der Waals surface area contributed by atoms with Gasteiger partial charge in [0.25, 0.3) is 0 Å². The van der Waals surface area contributed by atoms with Crippen molar-refractivity contribution in [2.24, 2.45) is 0 Å². The van der Waals surface area contributed by atoms with E-state index >= 15 is 0 Å². The number of carboxylic acids is 1. The maximum atomic E-state index is 11.6. The highest BCUT2D eigenvalue weighted by atomic mass is 79.9. The molecule has 1 aromatic heterocycles. The average Bonchev–Trinajstić information content (AvgIpc) is 2.83. The minimum Gasteiger partial charge on any atom is -0.480 e. The minimum atomic E-state index is -0.845. The number of hydrogen-bond acceptors (Lipinski definition) is 4. The number of aryl methyl sites for hydroxylation is 1. The van der Waals surface area contributed by atoms with Gasteiger partial charge >= 0.3 is 5.97 Å². The second-order valence-electron chi connectivity index (χ2n) is 5.28. The molecule has 2 heterocycles. The zero-order chi connectivity index (χ0) is 15.9. The van der Waals surface area contributed by atoms with Crippen molar-refractivity contribution in [2.45, 2.75) is 32.6 Å². The molecule has 0 radical (unpaired) electrons. The van der Waals surface area contributed by atoms with E-state index in [4.69, 9.17) is 11.6 Å². The van der Waals surface area contributed by atoms with Gasteiger partial charge in [-0.1, -0.05) is 17.7 Å². The summed E-state index contributed by atoms with van der Waals surface area (Å²) >= 11 is 9.46. The first-order valence-corrected chi connectivity index (χ1v) is 7.92. The van der Waals surface area contributed by atoms with E-state index in [1.54, 1.807) is 0 Å². The van der Waals surface area contributed by atoms with Gasteiger partial charge in [0.05, 0.1) is 18.1 Å². The topological polar surface area (TPSA) is 71.2 Å². The molecule has 1 N–H and O–H groups in total. The summed E-state index contributed by atoms with van der Waals surface area (Å²) in [5, 5.41) is 18.3. The SMILES string of the molecule is Cc1nnc2n1CC(C(=O)O)N(Cc1ccc(Br)c(Cl)c1)C2. The molecule has 0 fully saturated rings. The Morgan fingerprint density at radius 3 is 2.95 bits per heavy atom. The van der Waals surface area contributed by atoms with Crippen molar-refractivity contribution in [1.82, 2.24) is 19.7 Å². The van der Waals surface area contributed by atoms with Gasteiger partial charge in [-0.25, -0.2) is 0 Å². The Kier molecular flexibility index (Phi) is 4.20. The fourth-order valence-corrected chi connectivity index (χ4v) is 3.08. The van der Waals surface area contributed by atoms with Gasteiger partial charge in [0.2, 0.25) is 0 Å². The van der Waals surface area contributed by atoms with Gasteiger partial charge in [-0.2, -0.15) is 0 Å². The first-order valence-electron chi connectivity index (χ1n) is 6.75.